The maximum Gasteiger partial charge on any atom is 0.126 e. The van der Waals surface area contributed by atoms with E-state index in [0.29, 0.717) is 6.61 Å². The standard InChI is InChI=1S/C9H8O.Co.Pd/c1-2-6-9-8(4-1)5-3-7-10-9;;/h1-6H,7H2;;. The number of para-hydroxylation sites is 1. The van der Waals surface area contributed by atoms with Crippen molar-refractivity contribution in [1.29, 1.82) is 0 Å². The molecule has 3 heteroatoms. The summed E-state index contributed by atoms with van der Waals surface area (Å²) >= 11 is 0. The van der Waals surface area contributed by atoms with Crippen LogP contribution in [0.1, 0.15) is 5.56 Å². The molecule has 0 aliphatic carbocycles. The first-order chi connectivity index (χ1) is 4.97. The van der Waals surface area contributed by atoms with Crippen LogP contribution in [-0.4, -0.2) is 6.61 Å². The van der Waals surface area contributed by atoms with E-state index in [1.807, 2.05) is 30.3 Å². The average molecular weight is 298 g/mol. The molecule has 0 spiro atoms. The molecule has 1 heterocycles. The summed E-state index contributed by atoms with van der Waals surface area (Å²) in [7, 11) is 0. The fraction of sp³-hybridized carbons (Fsp3) is 0.111. The van der Waals surface area contributed by atoms with Crippen LogP contribution in [0.5, 0.6) is 5.75 Å². The van der Waals surface area contributed by atoms with E-state index in [1.165, 1.54) is 5.56 Å². The van der Waals surface area contributed by atoms with Crippen molar-refractivity contribution in [2.45, 2.75) is 0 Å². The molecule has 0 bridgehead atoms. The monoisotopic (exact) mass is 297 g/mol. The SMILES string of the molecule is C1=Cc2ccccc2OC1.[Co].[Pd]. The maximum absolute atomic E-state index is 5.34. The Bertz CT molecular complexity index is 273. The van der Waals surface area contributed by atoms with E-state index in [1.54, 1.807) is 0 Å². The molecule has 0 amide bonds. The van der Waals surface area contributed by atoms with Crippen LogP contribution < -0.4 is 4.74 Å². The van der Waals surface area contributed by atoms with Gasteiger partial charge >= 0.3 is 0 Å². The summed E-state index contributed by atoms with van der Waals surface area (Å²) in [6.07, 6.45) is 4.10. The van der Waals surface area contributed by atoms with Gasteiger partial charge in [-0.1, -0.05) is 24.3 Å². The van der Waals surface area contributed by atoms with Crippen molar-refractivity contribution in [3.8, 4) is 5.75 Å². The predicted octanol–water partition coefficient (Wildman–Crippen LogP) is 2.09. The van der Waals surface area contributed by atoms with Gasteiger partial charge in [-0.05, 0) is 12.1 Å². The number of rotatable bonds is 0. The van der Waals surface area contributed by atoms with E-state index in [0.717, 1.165) is 5.75 Å². The first-order valence-electron chi connectivity index (χ1n) is 3.35. The molecule has 2 rings (SSSR count). The molecule has 1 nitrogen and oxygen atoms in total. The van der Waals surface area contributed by atoms with E-state index in [-0.39, 0.29) is 37.2 Å². The second-order valence-electron chi connectivity index (χ2n) is 2.25. The minimum atomic E-state index is 0. The third-order valence-electron chi connectivity index (χ3n) is 1.55. The molecule has 1 aromatic rings. The summed E-state index contributed by atoms with van der Waals surface area (Å²) in [5.41, 5.74) is 1.17. The molecule has 0 atom stereocenters. The van der Waals surface area contributed by atoms with Crippen molar-refractivity contribution in [3.63, 3.8) is 0 Å². The van der Waals surface area contributed by atoms with Gasteiger partial charge in [0.2, 0.25) is 0 Å². The second-order valence-corrected chi connectivity index (χ2v) is 2.25. The first-order valence-corrected chi connectivity index (χ1v) is 3.35. The Balaban J connectivity index is 0.000000605. The molecule has 0 N–H and O–H groups in total. The van der Waals surface area contributed by atoms with E-state index >= 15 is 0 Å². The van der Waals surface area contributed by atoms with Gasteiger partial charge in [0.1, 0.15) is 12.4 Å². The Morgan fingerprint density at radius 1 is 1.17 bits per heavy atom. The quantitative estimate of drug-likeness (QED) is 0.666. The van der Waals surface area contributed by atoms with Crippen LogP contribution in [-0.2, 0) is 37.2 Å². The van der Waals surface area contributed by atoms with Crippen molar-refractivity contribution in [1.82, 2.24) is 0 Å². The summed E-state index contributed by atoms with van der Waals surface area (Å²) in [6, 6.07) is 8.03. The van der Waals surface area contributed by atoms with Gasteiger partial charge in [-0.3, -0.25) is 0 Å². The van der Waals surface area contributed by atoms with Crippen molar-refractivity contribution in [3.05, 3.63) is 35.9 Å². The van der Waals surface area contributed by atoms with Crippen LogP contribution in [0.2, 0.25) is 0 Å². The summed E-state index contributed by atoms with van der Waals surface area (Å²) in [4.78, 5) is 0. The Hall–Kier alpha value is -0.0712. The Morgan fingerprint density at radius 3 is 2.67 bits per heavy atom. The molecule has 0 fully saturated rings. The van der Waals surface area contributed by atoms with E-state index in [2.05, 4.69) is 6.08 Å². The molecule has 0 saturated carbocycles. The van der Waals surface area contributed by atoms with Crippen molar-refractivity contribution < 1.29 is 41.9 Å². The third-order valence-corrected chi connectivity index (χ3v) is 1.55. The fourth-order valence-electron chi connectivity index (χ4n) is 1.06. The molecule has 1 radical (unpaired) electrons. The molecule has 0 saturated heterocycles. The molecule has 0 aromatic heterocycles. The zero-order valence-corrected chi connectivity index (χ0v) is 8.82. The zero-order chi connectivity index (χ0) is 6.81. The number of benzene rings is 1. The van der Waals surface area contributed by atoms with Gasteiger partial charge in [0.25, 0.3) is 0 Å². The summed E-state index contributed by atoms with van der Waals surface area (Å²) in [5.74, 6) is 0.991. The van der Waals surface area contributed by atoms with Crippen LogP contribution in [0.25, 0.3) is 6.08 Å². The molecule has 1 aliphatic rings. The van der Waals surface area contributed by atoms with Gasteiger partial charge in [-0.15, -0.1) is 0 Å². The van der Waals surface area contributed by atoms with Crippen molar-refractivity contribution in [2.75, 3.05) is 6.61 Å². The second kappa shape index (κ2) is 5.55. The Morgan fingerprint density at radius 2 is 1.92 bits per heavy atom. The van der Waals surface area contributed by atoms with E-state index in [4.69, 9.17) is 4.74 Å². The normalized spacial score (nSPS) is 11.7. The molecular weight excluding hydrogens is 289 g/mol. The number of ether oxygens (including phenoxy) is 1. The number of hydrogen-bond donors (Lipinski definition) is 0. The Labute approximate surface area is 96.0 Å². The van der Waals surface area contributed by atoms with Gasteiger partial charge in [0, 0.05) is 42.8 Å². The first kappa shape index (κ1) is 11.9. The number of fused-ring (bicyclic) bond motifs is 1. The smallest absolute Gasteiger partial charge is 0.126 e. The van der Waals surface area contributed by atoms with Crippen LogP contribution >= 0.6 is 0 Å². The van der Waals surface area contributed by atoms with Crippen LogP contribution in [0.3, 0.4) is 0 Å². The summed E-state index contributed by atoms with van der Waals surface area (Å²) < 4.78 is 5.34. The molecule has 12 heavy (non-hydrogen) atoms. The van der Waals surface area contributed by atoms with E-state index in [9.17, 15) is 0 Å². The van der Waals surface area contributed by atoms with Gasteiger partial charge in [-0.2, -0.15) is 0 Å². The molecule has 1 aliphatic heterocycles. The van der Waals surface area contributed by atoms with Crippen molar-refractivity contribution >= 4 is 6.08 Å². The Kier molecular flexibility index (Phi) is 5.52. The maximum atomic E-state index is 5.34. The predicted molar refractivity (Wildman–Crippen MR) is 41.0 cm³/mol. The summed E-state index contributed by atoms with van der Waals surface area (Å²) in [6.45, 7) is 0.705. The van der Waals surface area contributed by atoms with Crippen LogP contribution in [0.4, 0.5) is 0 Å². The topological polar surface area (TPSA) is 9.23 Å². The largest absolute Gasteiger partial charge is 0.489 e. The molecule has 1 aromatic carbocycles. The summed E-state index contributed by atoms with van der Waals surface area (Å²) in [5, 5.41) is 0. The van der Waals surface area contributed by atoms with Gasteiger partial charge in [0.15, 0.2) is 0 Å². The van der Waals surface area contributed by atoms with Crippen molar-refractivity contribution in [2.24, 2.45) is 0 Å². The molecule has 0 unspecified atom stereocenters. The fourth-order valence-corrected chi connectivity index (χ4v) is 1.06. The number of hydrogen-bond acceptors (Lipinski definition) is 1. The zero-order valence-electron chi connectivity index (χ0n) is 6.23. The average Bonchev–Trinajstić information content (AvgIpc) is 2.05. The van der Waals surface area contributed by atoms with Gasteiger partial charge in [-0.25, -0.2) is 0 Å². The minimum Gasteiger partial charge on any atom is -0.489 e. The van der Waals surface area contributed by atoms with Gasteiger partial charge in [0.05, 0.1) is 0 Å². The van der Waals surface area contributed by atoms with Gasteiger partial charge < -0.3 is 4.74 Å². The third kappa shape index (κ3) is 2.46. The van der Waals surface area contributed by atoms with Crippen LogP contribution in [0.15, 0.2) is 30.3 Å². The molecular formula is C9H8CoOPd. The molecule has 69 valence electrons. The van der Waals surface area contributed by atoms with E-state index < -0.39 is 0 Å². The van der Waals surface area contributed by atoms with Crippen LogP contribution in [0, 0.1) is 0 Å². The minimum absolute atomic E-state index is 0.